The molecule has 0 fully saturated rings. The van der Waals surface area contributed by atoms with Crippen LogP contribution in [0.25, 0.3) is 11.6 Å². The molecule has 2 N–H and O–H groups in total. The Bertz CT molecular complexity index is 550. The molecule has 0 aromatic carbocycles. The second kappa shape index (κ2) is 3.52. The number of rotatable bonds is 1. The van der Waals surface area contributed by atoms with Crippen LogP contribution in [0.2, 0.25) is 0 Å². The van der Waals surface area contributed by atoms with Gasteiger partial charge in [-0.15, -0.1) is 0 Å². The molecular formula is C11H11N3OS. The van der Waals surface area contributed by atoms with E-state index in [2.05, 4.69) is 9.97 Å². The van der Waals surface area contributed by atoms with Gasteiger partial charge >= 0.3 is 0 Å². The quantitative estimate of drug-likeness (QED) is 0.819. The highest BCUT2D eigenvalue weighted by molar-refractivity contribution is 7.98. The van der Waals surface area contributed by atoms with Crippen molar-refractivity contribution in [2.45, 2.75) is 18.4 Å². The number of hydrogen-bond acceptors (Lipinski definition) is 5. The van der Waals surface area contributed by atoms with Crippen LogP contribution in [0.4, 0.5) is 5.82 Å². The normalized spacial score (nSPS) is 14.1. The molecule has 0 amide bonds. The number of aromatic nitrogens is 2. The lowest BCUT2D eigenvalue weighted by atomic mass is 10.2. The molecule has 0 aliphatic carbocycles. The predicted octanol–water partition coefficient (Wildman–Crippen LogP) is 2.37. The van der Waals surface area contributed by atoms with Crippen molar-refractivity contribution >= 4 is 17.6 Å². The second-order valence-electron chi connectivity index (χ2n) is 3.78. The van der Waals surface area contributed by atoms with Gasteiger partial charge in [-0.05, 0) is 18.6 Å². The van der Waals surface area contributed by atoms with Gasteiger partial charge in [0.1, 0.15) is 5.82 Å². The highest BCUT2D eigenvalue weighted by Gasteiger charge is 2.20. The fourth-order valence-electron chi connectivity index (χ4n) is 1.78. The highest BCUT2D eigenvalue weighted by atomic mass is 32.2. The zero-order valence-electron chi connectivity index (χ0n) is 8.86. The van der Waals surface area contributed by atoms with Crippen LogP contribution < -0.4 is 5.73 Å². The van der Waals surface area contributed by atoms with Gasteiger partial charge in [0.25, 0.3) is 0 Å². The molecule has 5 heteroatoms. The van der Waals surface area contributed by atoms with E-state index in [4.69, 9.17) is 10.2 Å². The summed E-state index contributed by atoms with van der Waals surface area (Å²) < 4.78 is 5.38. The van der Waals surface area contributed by atoms with Crippen molar-refractivity contribution in [3.8, 4) is 11.6 Å². The van der Waals surface area contributed by atoms with Gasteiger partial charge in [0.15, 0.2) is 11.6 Å². The Kier molecular flexibility index (Phi) is 2.14. The first kappa shape index (κ1) is 9.72. The SMILES string of the molecule is Cc1ccoc1-c1nc(N)c2c(n1)CSC2. The van der Waals surface area contributed by atoms with Gasteiger partial charge in [-0.1, -0.05) is 0 Å². The maximum atomic E-state index is 5.92. The van der Waals surface area contributed by atoms with Crippen molar-refractivity contribution in [3.63, 3.8) is 0 Å². The van der Waals surface area contributed by atoms with Crippen LogP contribution >= 0.6 is 11.8 Å². The maximum Gasteiger partial charge on any atom is 0.198 e. The Balaban J connectivity index is 2.17. The monoisotopic (exact) mass is 233 g/mol. The van der Waals surface area contributed by atoms with Crippen LogP contribution in [0.1, 0.15) is 16.8 Å². The van der Waals surface area contributed by atoms with Crippen molar-refractivity contribution < 1.29 is 4.42 Å². The first-order chi connectivity index (χ1) is 7.75. The van der Waals surface area contributed by atoms with E-state index >= 15 is 0 Å². The summed E-state index contributed by atoms with van der Waals surface area (Å²) in [7, 11) is 0. The number of aryl methyl sites for hydroxylation is 1. The van der Waals surface area contributed by atoms with Gasteiger partial charge in [-0.3, -0.25) is 0 Å². The van der Waals surface area contributed by atoms with Crippen molar-refractivity contribution in [2.75, 3.05) is 5.73 Å². The topological polar surface area (TPSA) is 64.9 Å². The van der Waals surface area contributed by atoms with Gasteiger partial charge in [0.05, 0.1) is 12.0 Å². The molecule has 0 unspecified atom stereocenters. The van der Waals surface area contributed by atoms with E-state index in [0.29, 0.717) is 17.4 Å². The minimum atomic E-state index is 0.584. The summed E-state index contributed by atoms with van der Waals surface area (Å²) in [5, 5.41) is 0. The number of nitrogens with zero attached hydrogens (tertiary/aromatic N) is 2. The Labute approximate surface area is 97.3 Å². The summed E-state index contributed by atoms with van der Waals surface area (Å²) in [5.41, 5.74) is 9.08. The van der Waals surface area contributed by atoms with Crippen LogP contribution in [-0.4, -0.2) is 9.97 Å². The first-order valence-electron chi connectivity index (χ1n) is 5.03. The summed E-state index contributed by atoms with van der Waals surface area (Å²) in [6.07, 6.45) is 1.65. The van der Waals surface area contributed by atoms with Crippen molar-refractivity contribution in [3.05, 3.63) is 29.2 Å². The fraction of sp³-hybridized carbons (Fsp3) is 0.273. The minimum absolute atomic E-state index is 0.584. The molecule has 2 aromatic heterocycles. The zero-order valence-corrected chi connectivity index (χ0v) is 9.67. The number of nitrogen functional groups attached to an aromatic ring is 1. The Morgan fingerprint density at radius 2 is 2.25 bits per heavy atom. The third-order valence-electron chi connectivity index (χ3n) is 2.68. The van der Waals surface area contributed by atoms with Gasteiger partial charge in [-0.2, -0.15) is 11.8 Å². The number of fused-ring (bicyclic) bond motifs is 1. The first-order valence-corrected chi connectivity index (χ1v) is 6.18. The number of anilines is 1. The van der Waals surface area contributed by atoms with Crippen LogP contribution in [0.3, 0.4) is 0 Å². The van der Waals surface area contributed by atoms with E-state index in [-0.39, 0.29) is 0 Å². The summed E-state index contributed by atoms with van der Waals surface area (Å²) in [5.74, 6) is 3.72. The van der Waals surface area contributed by atoms with Crippen molar-refractivity contribution in [2.24, 2.45) is 0 Å². The van der Waals surface area contributed by atoms with Crippen molar-refractivity contribution in [1.29, 1.82) is 0 Å². The summed E-state index contributed by atoms with van der Waals surface area (Å²) >= 11 is 1.81. The molecule has 0 saturated heterocycles. The summed E-state index contributed by atoms with van der Waals surface area (Å²) in [6.45, 7) is 1.97. The largest absolute Gasteiger partial charge is 0.461 e. The molecule has 0 bridgehead atoms. The third-order valence-corrected chi connectivity index (χ3v) is 3.65. The molecule has 3 heterocycles. The van der Waals surface area contributed by atoms with Crippen LogP contribution in [-0.2, 0) is 11.5 Å². The summed E-state index contributed by atoms with van der Waals surface area (Å²) in [6, 6.07) is 1.90. The molecule has 2 aromatic rings. The lowest BCUT2D eigenvalue weighted by molar-refractivity contribution is 0.575. The Morgan fingerprint density at radius 3 is 3.00 bits per heavy atom. The minimum Gasteiger partial charge on any atom is -0.461 e. The average molecular weight is 233 g/mol. The second-order valence-corrected chi connectivity index (χ2v) is 4.77. The molecule has 4 nitrogen and oxygen atoms in total. The Morgan fingerprint density at radius 1 is 1.38 bits per heavy atom. The number of furan rings is 1. The van der Waals surface area contributed by atoms with E-state index in [1.165, 1.54) is 0 Å². The molecule has 1 aliphatic rings. The predicted molar refractivity (Wildman–Crippen MR) is 63.9 cm³/mol. The van der Waals surface area contributed by atoms with Crippen LogP contribution in [0, 0.1) is 6.92 Å². The van der Waals surface area contributed by atoms with E-state index in [9.17, 15) is 0 Å². The molecule has 0 atom stereocenters. The van der Waals surface area contributed by atoms with E-state index in [0.717, 1.165) is 28.3 Å². The number of hydrogen-bond donors (Lipinski definition) is 1. The average Bonchev–Trinajstić information content (AvgIpc) is 2.85. The van der Waals surface area contributed by atoms with Gasteiger partial charge in [0, 0.05) is 17.1 Å². The number of thioether (sulfide) groups is 1. The lowest BCUT2D eigenvalue weighted by Crippen LogP contribution is -2.02. The van der Waals surface area contributed by atoms with Crippen LogP contribution in [0.5, 0.6) is 0 Å². The number of nitrogens with two attached hydrogens (primary N) is 1. The molecule has 1 aliphatic heterocycles. The Hall–Kier alpha value is -1.49. The molecule has 16 heavy (non-hydrogen) atoms. The van der Waals surface area contributed by atoms with E-state index < -0.39 is 0 Å². The van der Waals surface area contributed by atoms with Crippen LogP contribution in [0.15, 0.2) is 16.7 Å². The summed E-state index contributed by atoms with van der Waals surface area (Å²) in [4.78, 5) is 8.82. The smallest absolute Gasteiger partial charge is 0.198 e. The fourth-order valence-corrected chi connectivity index (χ4v) is 2.83. The van der Waals surface area contributed by atoms with E-state index in [1.807, 2.05) is 24.8 Å². The van der Waals surface area contributed by atoms with Gasteiger partial charge in [-0.25, -0.2) is 9.97 Å². The zero-order chi connectivity index (χ0) is 11.1. The van der Waals surface area contributed by atoms with Gasteiger partial charge in [0.2, 0.25) is 0 Å². The standard InChI is InChI=1S/C11H11N3OS/c1-6-2-3-15-9(6)11-13-8-5-16-4-7(8)10(12)14-11/h2-3H,4-5H2,1H3,(H2,12,13,14). The van der Waals surface area contributed by atoms with E-state index in [1.54, 1.807) is 6.26 Å². The molecule has 3 rings (SSSR count). The van der Waals surface area contributed by atoms with Gasteiger partial charge < -0.3 is 10.2 Å². The molecular weight excluding hydrogens is 222 g/mol. The molecule has 82 valence electrons. The maximum absolute atomic E-state index is 5.92. The lowest BCUT2D eigenvalue weighted by Gasteiger charge is -2.04. The molecule has 0 radical (unpaired) electrons. The highest BCUT2D eigenvalue weighted by Crippen LogP contribution is 2.33. The molecule has 0 saturated carbocycles. The third kappa shape index (κ3) is 1.39. The van der Waals surface area contributed by atoms with Crippen molar-refractivity contribution in [1.82, 2.24) is 9.97 Å². The molecule has 0 spiro atoms.